The second-order valence-electron chi connectivity index (χ2n) is 8.70. The first kappa shape index (κ1) is 17.3. The van der Waals surface area contributed by atoms with Crippen LogP contribution in [0.3, 0.4) is 0 Å². The molecule has 8 unspecified atom stereocenters. The molecule has 4 saturated heterocycles. The van der Waals surface area contributed by atoms with Gasteiger partial charge in [-0.2, -0.15) is 5.48 Å². The first-order chi connectivity index (χ1) is 12.6. The summed E-state index contributed by atoms with van der Waals surface area (Å²) in [5.41, 5.74) is 3.11. The molecule has 0 bridgehead atoms. The van der Waals surface area contributed by atoms with Crippen molar-refractivity contribution < 1.29 is 14.0 Å². The van der Waals surface area contributed by atoms with Crippen LogP contribution in [-0.4, -0.2) is 78.1 Å². The SMILES string of the molecule is CC1CC(C2CCCN2C2NC3CC(F)CC4C(=O)NCCN2C34)ON1. The van der Waals surface area contributed by atoms with Crippen LogP contribution in [-0.2, 0) is 9.63 Å². The summed E-state index contributed by atoms with van der Waals surface area (Å²) in [5.74, 6) is -0.211. The molecule has 0 spiro atoms. The lowest BCUT2D eigenvalue weighted by Crippen LogP contribution is -2.56. The fourth-order valence-corrected chi connectivity index (χ4v) is 5.95. The van der Waals surface area contributed by atoms with Crippen LogP contribution in [0.5, 0.6) is 0 Å². The molecule has 5 aliphatic rings. The van der Waals surface area contributed by atoms with Gasteiger partial charge in [-0.05, 0) is 39.0 Å². The summed E-state index contributed by atoms with van der Waals surface area (Å²) >= 11 is 0. The van der Waals surface area contributed by atoms with E-state index in [-0.39, 0.29) is 36.3 Å². The van der Waals surface area contributed by atoms with Gasteiger partial charge in [0.05, 0.1) is 12.0 Å². The number of nitrogens with one attached hydrogen (secondary N) is 3. The summed E-state index contributed by atoms with van der Waals surface area (Å²) in [7, 11) is 0. The number of halogens is 1. The molecule has 8 heteroatoms. The van der Waals surface area contributed by atoms with Gasteiger partial charge in [0.25, 0.3) is 0 Å². The number of hydrogen-bond acceptors (Lipinski definition) is 6. The van der Waals surface area contributed by atoms with E-state index in [1.807, 2.05) is 0 Å². The van der Waals surface area contributed by atoms with E-state index >= 15 is 0 Å². The maximum atomic E-state index is 14.3. The summed E-state index contributed by atoms with van der Waals surface area (Å²) in [5, 5.41) is 6.71. The predicted molar refractivity (Wildman–Crippen MR) is 93.7 cm³/mol. The molecule has 3 N–H and O–H groups in total. The van der Waals surface area contributed by atoms with E-state index in [9.17, 15) is 9.18 Å². The molecule has 146 valence electrons. The molecule has 5 rings (SSSR count). The van der Waals surface area contributed by atoms with E-state index < -0.39 is 6.17 Å². The van der Waals surface area contributed by atoms with Gasteiger partial charge in [-0.1, -0.05) is 0 Å². The average molecular weight is 367 g/mol. The molecule has 5 fully saturated rings. The van der Waals surface area contributed by atoms with Gasteiger partial charge in [0, 0.05) is 43.8 Å². The first-order valence-electron chi connectivity index (χ1n) is 10.2. The van der Waals surface area contributed by atoms with Gasteiger partial charge in [-0.3, -0.25) is 24.7 Å². The fraction of sp³-hybridized carbons (Fsp3) is 0.944. The number of rotatable bonds is 2. The van der Waals surface area contributed by atoms with E-state index in [2.05, 4.69) is 32.8 Å². The molecular weight excluding hydrogens is 337 g/mol. The van der Waals surface area contributed by atoms with Crippen molar-refractivity contribution in [3.63, 3.8) is 0 Å². The van der Waals surface area contributed by atoms with Crippen molar-refractivity contribution in [1.29, 1.82) is 0 Å². The molecule has 26 heavy (non-hydrogen) atoms. The molecule has 4 heterocycles. The minimum Gasteiger partial charge on any atom is -0.355 e. The minimum absolute atomic E-state index is 0.0300. The highest BCUT2D eigenvalue weighted by Gasteiger charge is 2.55. The zero-order valence-corrected chi connectivity index (χ0v) is 15.4. The number of carbonyl (C=O) groups is 1. The summed E-state index contributed by atoms with van der Waals surface area (Å²) < 4.78 is 14.3. The molecule has 0 aromatic carbocycles. The number of nitrogens with zero attached hydrogens (tertiary/aromatic N) is 2. The normalized spacial score (nSPS) is 49.8. The Balaban J connectivity index is 1.40. The van der Waals surface area contributed by atoms with Crippen molar-refractivity contribution in [3.8, 4) is 0 Å². The Hall–Kier alpha value is -0.800. The summed E-state index contributed by atoms with van der Waals surface area (Å²) in [6, 6.07) is 0.924. The molecule has 1 aliphatic carbocycles. The van der Waals surface area contributed by atoms with Gasteiger partial charge < -0.3 is 5.32 Å². The van der Waals surface area contributed by atoms with E-state index in [4.69, 9.17) is 4.84 Å². The molecule has 0 aromatic heterocycles. The number of hydroxylamine groups is 1. The van der Waals surface area contributed by atoms with Crippen LogP contribution in [0.15, 0.2) is 0 Å². The van der Waals surface area contributed by atoms with Crippen LogP contribution in [0.2, 0.25) is 0 Å². The van der Waals surface area contributed by atoms with Crippen LogP contribution in [0.4, 0.5) is 4.39 Å². The number of alkyl halides is 1. The van der Waals surface area contributed by atoms with Crippen molar-refractivity contribution in [2.75, 3.05) is 19.6 Å². The van der Waals surface area contributed by atoms with E-state index in [0.29, 0.717) is 31.5 Å². The molecule has 1 amide bonds. The number of likely N-dealkylation sites (tertiary alicyclic amines) is 1. The van der Waals surface area contributed by atoms with Gasteiger partial charge in [-0.25, -0.2) is 4.39 Å². The van der Waals surface area contributed by atoms with Gasteiger partial charge >= 0.3 is 0 Å². The highest BCUT2D eigenvalue weighted by Crippen LogP contribution is 2.39. The second kappa shape index (κ2) is 6.67. The lowest BCUT2D eigenvalue weighted by Gasteiger charge is -2.40. The summed E-state index contributed by atoms with van der Waals surface area (Å²) in [4.78, 5) is 23.3. The van der Waals surface area contributed by atoms with Crippen LogP contribution in [0, 0.1) is 5.92 Å². The smallest absolute Gasteiger partial charge is 0.224 e. The Bertz CT molecular complexity index is 566. The maximum absolute atomic E-state index is 14.3. The molecule has 7 nitrogen and oxygen atoms in total. The summed E-state index contributed by atoms with van der Waals surface area (Å²) in [6.45, 7) is 4.64. The topological polar surface area (TPSA) is 68.9 Å². The fourth-order valence-electron chi connectivity index (χ4n) is 5.95. The Kier molecular flexibility index (Phi) is 4.44. The molecule has 1 saturated carbocycles. The van der Waals surface area contributed by atoms with Crippen molar-refractivity contribution in [3.05, 3.63) is 0 Å². The maximum Gasteiger partial charge on any atom is 0.224 e. The Morgan fingerprint density at radius 2 is 2.08 bits per heavy atom. The molecule has 4 aliphatic heterocycles. The zero-order valence-electron chi connectivity index (χ0n) is 15.4. The van der Waals surface area contributed by atoms with E-state index in [1.165, 1.54) is 0 Å². The molecule has 8 atom stereocenters. The molecular formula is C18H30FN5O2. The summed E-state index contributed by atoms with van der Waals surface area (Å²) in [6.07, 6.45) is 3.57. The van der Waals surface area contributed by atoms with Crippen LogP contribution < -0.4 is 16.1 Å². The minimum atomic E-state index is -0.893. The van der Waals surface area contributed by atoms with Gasteiger partial charge in [0.2, 0.25) is 5.91 Å². The number of carbonyl (C=O) groups excluding carboxylic acids is 1. The average Bonchev–Trinajstić information content (AvgIpc) is 3.29. The van der Waals surface area contributed by atoms with E-state index in [1.54, 1.807) is 0 Å². The van der Waals surface area contributed by atoms with E-state index in [0.717, 1.165) is 32.4 Å². The third-order valence-electron chi connectivity index (χ3n) is 7.00. The number of amides is 1. The Morgan fingerprint density at radius 3 is 2.88 bits per heavy atom. The quantitative estimate of drug-likeness (QED) is 0.635. The van der Waals surface area contributed by atoms with Crippen molar-refractivity contribution in [2.24, 2.45) is 5.92 Å². The predicted octanol–water partition coefficient (Wildman–Crippen LogP) is -0.0633. The van der Waals surface area contributed by atoms with Gasteiger partial charge in [0.15, 0.2) is 0 Å². The zero-order chi connectivity index (χ0) is 17.8. The standard InChI is InChI=1S/C18H30FN5O2/c1-10-7-15(26-22-10)14-3-2-5-23(14)18-21-13-9-11(19)8-12-16(13)24(18)6-4-20-17(12)25/h10-16,18,21-22H,2-9H2,1H3,(H,20,25). The van der Waals surface area contributed by atoms with Crippen LogP contribution in [0.25, 0.3) is 0 Å². The lowest BCUT2D eigenvalue weighted by atomic mass is 9.80. The Morgan fingerprint density at radius 1 is 1.19 bits per heavy atom. The van der Waals surface area contributed by atoms with Crippen molar-refractivity contribution >= 4 is 5.91 Å². The molecule has 0 aromatic rings. The van der Waals surface area contributed by atoms with Gasteiger partial charge in [0.1, 0.15) is 12.5 Å². The van der Waals surface area contributed by atoms with Crippen LogP contribution in [0.1, 0.15) is 39.0 Å². The highest BCUT2D eigenvalue weighted by atomic mass is 19.1. The molecule has 0 radical (unpaired) electrons. The lowest BCUT2D eigenvalue weighted by molar-refractivity contribution is -0.128. The highest BCUT2D eigenvalue weighted by molar-refractivity contribution is 5.80. The number of hydrogen-bond donors (Lipinski definition) is 3. The first-order valence-corrected chi connectivity index (χ1v) is 10.2. The van der Waals surface area contributed by atoms with Gasteiger partial charge in [-0.15, -0.1) is 0 Å². The van der Waals surface area contributed by atoms with Crippen molar-refractivity contribution in [2.45, 2.75) is 81.8 Å². The van der Waals surface area contributed by atoms with Crippen molar-refractivity contribution in [1.82, 2.24) is 25.9 Å². The largest absolute Gasteiger partial charge is 0.355 e. The second-order valence-corrected chi connectivity index (χ2v) is 8.70. The third-order valence-corrected chi connectivity index (χ3v) is 7.00. The van der Waals surface area contributed by atoms with Crippen LogP contribution >= 0.6 is 0 Å². The third kappa shape index (κ3) is 2.77. The monoisotopic (exact) mass is 367 g/mol. The Labute approximate surface area is 153 Å².